The van der Waals surface area contributed by atoms with E-state index in [1.54, 1.807) is 11.8 Å². The molecule has 2 atom stereocenters. The van der Waals surface area contributed by atoms with Gasteiger partial charge in [-0.15, -0.1) is 11.8 Å². The molecule has 2 aliphatic heterocycles. The number of carbonyl (C=O) groups excluding carboxylic acids is 1. The maximum absolute atomic E-state index is 11.8. The number of thioether (sulfide) groups is 1. The third-order valence-corrected chi connectivity index (χ3v) is 8.29. The summed E-state index contributed by atoms with van der Waals surface area (Å²) in [6.45, 7) is 9.55. The summed E-state index contributed by atoms with van der Waals surface area (Å²) in [5, 5.41) is 17.0. The van der Waals surface area contributed by atoms with Crippen LogP contribution in [0.1, 0.15) is 25.8 Å². The summed E-state index contributed by atoms with van der Waals surface area (Å²) in [5.74, 6) is 1.32. The molecule has 0 bridgehead atoms. The maximum atomic E-state index is 11.8. The highest BCUT2D eigenvalue weighted by molar-refractivity contribution is 7.99. The van der Waals surface area contributed by atoms with Crippen LogP contribution in [-0.2, 0) is 4.79 Å². The van der Waals surface area contributed by atoms with Gasteiger partial charge in [-0.2, -0.15) is 0 Å². The van der Waals surface area contributed by atoms with Gasteiger partial charge >= 0.3 is 0 Å². The number of amides is 1. The van der Waals surface area contributed by atoms with Crippen LogP contribution in [0.25, 0.3) is 21.9 Å². The van der Waals surface area contributed by atoms with Gasteiger partial charge in [0.2, 0.25) is 12.3 Å². The summed E-state index contributed by atoms with van der Waals surface area (Å²) >= 11 is 8.88. The number of hydrogen-bond acceptors (Lipinski definition) is 6. The van der Waals surface area contributed by atoms with Crippen molar-refractivity contribution in [3.8, 4) is 11.1 Å². The van der Waals surface area contributed by atoms with E-state index < -0.39 is 6.35 Å². The average molecular weight is 535 g/mol. The fourth-order valence-electron chi connectivity index (χ4n) is 5.18. The number of carbonyl (C=O) groups is 1. The monoisotopic (exact) mass is 534 g/mol. The molecular formula is C29H31ClN4O2S. The number of aliphatic hydroxyl groups excluding tert-OH is 1. The lowest BCUT2D eigenvalue weighted by Crippen LogP contribution is -2.50. The number of amidine groups is 1. The van der Waals surface area contributed by atoms with Crippen molar-refractivity contribution >= 4 is 51.6 Å². The smallest absolute Gasteiger partial charge is 0.243 e. The third kappa shape index (κ3) is 4.72. The highest BCUT2D eigenvalue weighted by Gasteiger charge is 2.37. The van der Waals surface area contributed by atoms with Gasteiger partial charge < -0.3 is 20.2 Å². The van der Waals surface area contributed by atoms with Gasteiger partial charge in [0.15, 0.2) is 0 Å². The van der Waals surface area contributed by atoms with Gasteiger partial charge in [0.05, 0.1) is 10.7 Å². The summed E-state index contributed by atoms with van der Waals surface area (Å²) < 4.78 is 0. The summed E-state index contributed by atoms with van der Waals surface area (Å²) in [7, 11) is 0. The van der Waals surface area contributed by atoms with Crippen molar-refractivity contribution < 1.29 is 9.90 Å². The molecule has 0 radical (unpaired) electrons. The van der Waals surface area contributed by atoms with Crippen LogP contribution in [0.4, 0.5) is 5.69 Å². The fourth-order valence-corrected chi connectivity index (χ4v) is 6.76. The Balaban J connectivity index is 1.66. The van der Waals surface area contributed by atoms with Crippen LogP contribution in [0, 0.1) is 0 Å². The molecule has 5 rings (SSSR count). The molecule has 3 aromatic carbocycles. The van der Waals surface area contributed by atoms with Crippen LogP contribution in [-0.4, -0.2) is 59.5 Å². The Morgan fingerprint density at radius 1 is 1.32 bits per heavy atom. The molecule has 0 saturated carbocycles. The summed E-state index contributed by atoms with van der Waals surface area (Å²) in [6.07, 6.45) is 1.17. The minimum Gasteiger partial charge on any atom is -0.355 e. The van der Waals surface area contributed by atoms with Gasteiger partial charge in [-0.1, -0.05) is 67.6 Å². The number of benzene rings is 3. The van der Waals surface area contributed by atoms with E-state index in [1.807, 2.05) is 30.0 Å². The van der Waals surface area contributed by atoms with E-state index >= 15 is 0 Å². The van der Waals surface area contributed by atoms with Crippen molar-refractivity contribution in [2.24, 2.45) is 4.99 Å². The Labute approximate surface area is 227 Å². The fraction of sp³-hybridized carbons (Fsp3) is 0.310. The largest absolute Gasteiger partial charge is 0.355 e. The molecule has 1 unspecified atom stereocenters. The molecule has 0 spiro atoms. The molecular weight excluding hydrogens is 504 g/mol. The first kappa shape index (κ1) is 25.6. The van der Waals surface area contributed by atoms with Gasteiger partial charge in [0, 0.05) is 47.5 Å². The number of aliphatic hydroxyl groups is 1. The Morgan fingerprint density at radius 2 is 2.11 bits per heavy atom. The van der Waals surface area contributed by atoms with E-state index in [1.165, 1.54) is 6.08 Å². The van der Waals surface area contributed by atoms with E-state index in [0.717, 1.165) is 56.8 Å². The number of fused-ring (bicyclic) bond motifs is 1. The summed E-state index contributed by atoms with van der Waals surface area (Å²) in [6, 6.07) is 16.6. The van der Waals surface area contributed by atoms with Crippen LogP contribution < -0.4 is 10.2 Å². The SMILES string of the molecule is C=CC(=O)NC[C@H](C)N(CCC)C1=NC(O)N2CCSc3c(-c4cccc5ccccc45)c(Cl)cc1c32. The second kappa shape index (κ2) is 10.8. The second-order valence-electron chi connectivity index (χ2n) is 9.32. The van der Waals surface area contributed by atoms with E-state index in [4.69, 9.17) is 16.6 Å². The number of nitrogens with one attached hydrogen (secondary N) is 1. The lowest BCUT2D eigenvalue weighted by molar-refractivity contribution is -0.116. The molecule has 0 aliphatic carbocycles. The van der Waals surface area contributed by atoms with Crippen LogP contribution in [0.5, 0.6) is 0 Å². The first-order valence-electron chi connectivity index (χ1n) is 12.6. The first-order chi connectivity index (χ1) is 17.9. The zero-order chi connectivity index (χ0) is 26.1. The van der Waals surface area contributed by atoms with Crippen molar-refractivity contribution in [1.82, 2.24) is 10.2 Å². The number of aliphatic imine (C=N–C) groups is 1. The zero-order valence-electron chi connectivity index (χ0n) is 21.1. The van der Waals surface area contributed by atoms with E-state index in [2.05, 4.69) is 54.1 Å². The minimum atomic E-state index is -0.988. The molecule has 1 amide bonds. The molecule has 192 valence electrons. The highest BCUT2D eigenvalue weighted by atomic mass is 35.5. The number of nitrogens with zero attached hydrogens (tertiary/aromatic N) is 3. The summed E-state index contributed by atoms with van der Waals surface area (Å²) in [4.78, 5) is 21.8. The predicted molar refractivity (Wildman–Crippen MR) is 155 cm³/mol. The molecule has 2 N–H and O–H groups in total. The van der Waals surface area contributed by atoms with Crippen LogP contribution in [0.3, 0.4) is 0 Å². The zero-order valence-corrected chi connectivity index (χ0v) is 22.6. The van der Waals surface area contributed by atoms with Crippen LogP contribution >= 0.6 is 23.4 Å². The van der Waals surface area contributed by atoms with Gasteiger partial charge in [-0.3, -0.25) is 4.79 Å². The number of anilines is 1. The van der Waals surface area contributed by atoms with Crippen molar-refractivity contribution in [2.45, 2.75) is 37.6 Å². The topological polar surface area (TPSA) is 68.2 Å². The Bertz CT molecular complexity index is 1390. The van der Waals surface area contributed by atoms with Crippen LogP contribution in [0.15, 0.2) is 71.1 Å². The summed E-state index contributed by atoms with van der Waals surface area (Å²) in [5.41, 5.74) is 3.97. The minimum absolute atomic E-state index is 0.0511. The molecule has 0 saturated heterocycles. The van der Waals surface area contributed by atoms with Crippen molar-refractivity contribution in [1.29, 1.82) is 0 Å². The van der Waals surface area contributed by atoms with Gasteiger partial charge in [-0.05, 0) is 41.8 Å². The quantitative estimate of drug-likeness (QED) is 0.391. The van der Waals surface area contributed by atoms with Gasteiger partial charge in [0.1, 0.15) is 5.84 Å². The van der Waals surface area contributed by atoms with E-state index in [9.17, 15) is 9.90 Å². The third-order valence-electron chi connectivity index (χ3n) is 6.92. The normalized spacial score (nSPS) is 17.1. The second-order valence-corrected chi connectivity index (χ2v) is 10.8. The maximum Gasteiger partial charge on any atom is 0.243 e. The van der Waals surface area contributed by atoms with E-state index in [0.29, 0.717) is 23.9 Å². The van der Waals surface area contributed by atoms with Crippen molar-refractivity contribution in [3.05, 3.63) is 71.8 Å². The predicted octanol–water partition coefficient (Wildman–Crippen LogP) is 5.51. The molecule has 37 heavy (non-hydrogen) atoms. The molecule has 8 heteroatoms. The lowest BCUT2D eigenvalue weighted by Gasteiger charge is -2.42. The number of hydrogen-bond donors (Lipinski definition) is 2. The molecule has 2 heterocycles. The molecule has 3 aromatic rings. The van der Waals surface area contributed by atoms with Crippen molar-refractivity contribution in [3.63, 3.8) is 0 Å². The molecule has 0 aromatic heterocycles. The van der Waals surface area contributed by atoms with Gasteiger partial charge in [-0.25, -0.2) is 4.99 Å². The Kier molecular flexibility index (Phi) is 7.47. The molecule has 6 nitrogen and oxygen atoms in total. The lowest BCUT2D eigenvalue weighted by atomic mass is 9.94. The van der Waals surface area contributed by atoms with Crippen LogP contribution in [0.2, 0.25) is 5.02 Å². The van der Waals surface area contributed by atoms with Crippen molar-refractivity contribution in [2.75, 3.05) is 30.3 Å². The standard InChI is InChI=1S/C29H31ClN4O2S/c1-4-13-33(18(3)17-31-24(35)5-2)28-22-16-23(30)25(21-12-8-10-19-9-6-7-11-20(19)21)27-26(22)34(14-15-37-27)29(36)32-28/h5-12,16,18,29,36H,2,4,13-15,17H2,1,3H3,(H,31,35)/t18-,29?/m0/s1. The Morgan fingerprint density at radius 3 is 2.89 bits per heavy atom. The molecule has 2 aliphatic rings. The number of rotatable bonds is 7. The van der Waals surface area contributed by atoms with Gasteiger partial charge in [0.25, 0.3) is 0 Å². The number of halogens is 1. The average Bonchev–Trinajstić information content (AvgIpc) is 2.92. The Hall–Kier alpha value is -3.00. The van der Waals surface area contributed by atoms with E-state index in [-0.39, 0.29) is 11.9 Å². The highest BCUT2D eigenvalue weighted by Crippen LogP contribution is 2.50. The first-order valence-corrected chi connectivity index (χ1v) is 14.0. The molecule has 0 fully saturated rings.